The molecule has 0 aromatic carbocycles. The van der Waals surface area contributed by atoms with Crippen molar-refractivity contribution >= 4 is 5.78 Å². The molecule has 26 heavy (non-hydrogen) atoms. The standard InChI is InChI=1S/C23H38O3/c1-22-10-8-15(14-26-3)12-16(22)4-5-17-18-6-7-20(21(25)13-24)23(18,2)11-9-19(17)22/h15-20,24H,4-14H2,1-3H3/t15-,16-,17-,18-,19-,20+,22-,23-/m0/s1. The first-order valence-corrected chi connectivity index (χ1v) is 11.1. The number of aliphatic hydroxyl groups excluding tert-OH is 1. The molecule has 1 N–H and O–H groups in total. The number of Topliss-reactive ketones (excluding diaryl/α,β-unsaturated/α-hetero) is 1. The van der Waals surface area contributed by atoms with Gasteiger partial charge in [-0.25, -0.2) is 0 Å². The van der Waals surface area contributed by atoms with Crippen molar-refractivity contribution in [3.8, 4) is 0 Å². The number of carbonyl (C=O) groups excluding carboxylic acids is 1. The van der Waals surface area contributed by atoms with E-state index in [0.717, 1.165) is 36.7 Å². The highest BCUT2D eigenvalue weighted by Crippen LogP contribution is 2.67. The van der Waals surface area contributed by atoms with Crippen LogP contribution in [0.4, 0.5) is 0 Å². The molecule has 8 atom stereocenters. The summed E-state index contributed by atoms with van der Waals surface area (Å²) in [4.78, 5) is 12.4. The number of ether oxygens (including phenoxy) is 1. The van der Waals surface area contributed by atoms with Gasteiger partial charge in [0.25, 0.3) is 0 Å². The number of rotatable bonds is 4. The molecule has 148 valence electrons. The molecule has 4 rings (SSSR count). The maximum Gasteiger partial charge on any atom is 0.161 e. The Bertz CT molecular complexity index is 546. The summed E-state index contributed by atoms with van der Waals surface area (Å²) in [5, 5.41) is 9.44. The predicted octanol–water partition coefficient (Wildman–Crippen LogP) is 4.47. The zero-order chi connectivity index (χ0) is 18.5. The van der Waals surface area contributed by atoms with Gasteiger partial charge in [-0.2, -0.15) is 0 Å². The van der Waals surface area contributed by atoms with Crippen molar-refractivity contribution in [3.05, 3.63) is 0 Å². The highest BCUT2D eigenvalue weighted by Gasteiger charge is 2.60. The van der Waals surface area contributed by atoms with E-state index in [0.29, 0.717) is 11.3 Å². The van der Waals surface area contributed by atoms with Crippen molar-refractivity contribution in [2.75, 3.05) is 20.3 Å². The summed E-state index contributed by atoms with van der Waals surface area (Å²) in [5.74, 6) is 4.22. The van der Waals surface area contributed by atoms with Crippen molar-refractivity contribution in [1.82, 2.24) is 0 Å². The summed E-state index contributed by atoms with van der Waals surface area (Å²) < 4.78 is 5.46. The summed E-state index contributed by atoms with van der Waals surface area (Å²) in [6.07, 6.45) is 11.5. The number of hydrogen-bond acceptors (Lipinski definition) is 3. The van der Waals surface area contributed by atoms with Crippen LogP contribution < -0.4 is 0 Å². The number of fused-ring (bicyclic) bond motifs is 5. The van der Waals surface area contributed by atoms with Gasteiger partial charge in [-0.15, -0.1) is 0 Å². The van der Waals surface area contributed by atoms with Crippen molar-refractivity contribution in [2.45, 2.75) is 71.6 Å². The van der Waals surface area contributed by atoms with Gasteiger partial charge in [0.15, 0.2) is 5.78 Å². The Kier molecular flexibility index (Phi) is 5.01. The molecule has 0 spiro atoms. The second-order valence-corrected chi connectivity index (χ2v) is 10.6. The van der Waals surface area contributed by atoms with Crippen LogP contribution in [0.5, 0.6) is 0 Å². The first-order chi connectivity index (χ1) is 12.4. The SMILES string of the molecule is COC[C@H]1CC[C@@]2(C)[C@@H](CC[C@@H]3[C@@H]2CC[C@]2(C)[C@@H](C(=O)CO)CC[C@@H]32)C1. The average molecular weight is 363 g/mol. The van der Waals surface area contributed by atoms with Crippen LogP contribution in [0, 0.1) is 46.3 Å². The Hall–Kier alpha value is -0.410. The molecule has 4 aliphatic carbocycles. The Morgan fingerprint density at radius 3 is 2.46 bits per heavy atom. The maximum atomic E-state index is 12.4. The predicted molar refractivity (Wildman–Crippen MR) is 103 cm³/mol. The van der Waals surface area contributed by atoms with Crippen LogP contribution in [0.3, 0.4) is 0 Å². The monoisotopic (exact) mass is 362 g/mol. The summed E-state index contributed by atoms with van der Waals surface area (Å²) >= 11 is 0. The van der Waals surface area contributed by atoms with Gasteiger partial charge in [-0.3, -0.25) is 4.79 Å². The smallest absolute Gasteiger partial charge is 0.161 e. The molecule has 4 saturated carbocycles. The van der Waals surface area contributed by atoms with E-state index in [1.807, 2.05) is 7.11 Å². The average Bonchev–Trinajstić information content (AvgIpc) is 2.99. The minimum absolute atomic E-state index is 0.105. The number of hydrogen-bond donors (Lipinski definition) is 1. The van der Waals surface area contributed by atoms with Crippen LogP contribution in [0.2, 0.25) is 0 Å². The van der Waals surface area contributed by atoms with Gasteiger partial charge in [-0.05, 0) is 98.2 Å². The highest BCUT2D eigenvalue weighted by molar-refractivity contribution is 5.83. The number of carbonyl (C=O) groups is 1. The van der Waals surface area contributed by atoms with Gasteiger partial charge >= 0.3 is 0 Å². The van der Waals surface area contributed by atoms with E-state index in [1.54, 1.807) is 0 Å². The Labute approximate surface area is 159 Å². The molecule has 3 nitrogen and oxygen atoms in total. The molecule has 0 saturated heterocycles. The Morgan fingerprint density at radius 2 is 1.73 bits per heavy atom. The van der Waals surface area contributed by atoms with Crippen molar-refractivity contribution in [2.24, 2.45) is 46.3 Å². The number of ketones is 1. The molecule has 0 aromatic rings. The van der Waals surface area contributed by atoms with Crippen LogP contribution in [-0.4, -0.2) is 31.2 Å². The van der Waals surface area contributed by atoms with Crippen LogP contribution in [0.25, 0.3) is 0 Å². The van der Waals surface area contributed by atoms with E-state index in [1.165, 1.54) is 51.4 Å². The highest BCUT2D eigenvalue weighted by atomic mass is 16.5. The molecule has 4 aliphatic rings. The second kappa shape index (κ2) is 6.88. The van der Waals surface area contributed by atoms with E-state index < -0.39 is 0 Å². The van der Waals surface area contributed by atoms with Crippen molar-refractivity contribution < 1.29 is 14.6 Å². The van der Waals surface area contributed by atoms with Gasteiger partial charge in [0.05, 0.1) is 0 Å². The lowest BCUT2D eigenvalue weighted by Crippen LogP contribution is -2.54. The molecule has 4 fully saturated rings. The van der Waals surface area contributed by atoms with E-state index in [-0.39, 0.29) is 23.7 Å². The van der Waals surface area contributed by atoms with Gasteiger partial charge in [-0.1, -0.05) is 13.8 Å². The summed E-state index contributed by atoms with van der Waals surface area (Å²) in [6.45, 7) is 5.66. The molecule has 0 unspecified atom stereocenters. The van der Waals surface area contributed by atoms with E-state index in [4.69, 9.17) is 4.74 Å². The lowest BCUT2D eigenvalue weighted by atomic mass is 9.44. The van der Waals surface area contributed by atoms with Crippen LogP contribution in [0.15, 0.2) is 0 Å². The van der Waals surface area contributed by atoms with Gasteiger partial charge in [0.2, 0.25) is 0 Å². The molecule has 0 heterocycles. The lowest BCUT2D eigenvalue weighted by molar-refractivity contribution is -0.139. The Morgan fingerprint density at radius 1 is 1.00 bits per heavy atom. The fourth-order valence-electron chi connectivity index (χ4n) is 8.37. The van der Waals surface area contributed by atoms with Gasteiger partial charge in [0, 0.05) is 19.6 Å². The fourth-order valence-corrected chi connectivity index (χ4v) is 8.37. The normalized spacial score (nSPS) is 50.6. The van der Waals surface area contributed by atoms with E-state index in [9.17, 15) is 9.90 Å². The van der Waals surface area contributed by atoms with Crippen molar-refractivity contribution in [3.63, 3.8) is 0 Å². The van der Waals surface area contributed by atoms with Gasteiger partial charge in [0.1, 0.15) is 6.61 Å². The van der Waals surface area contributed by atoms with Crippen LogP contribution >= 0.6 is 0 Å². The van der Waals surface area contributed by atoms with Gasteiger partial charge < -0.3 is 9.84 Å². The molecular weight excluding hydrogens is 324 g/mol. The molecule has 0 aliphatic heterocycles. The molecule has 3 heteroatoms. The largest absolute Gasteiger partial charge is 0.389 e. The Balaban J connectivity index is 1.54. The zero-order valence-electron chi connectivity index (χ0n) is 17.0. The third-order valence-corrected chi connectivity index (χ3v) is 9.72. The minimum atomic E-state index is -0.262. The number of methoxy groups -OCH3 is 1. The zero-order valence-corrected chi connectivity index (χ0v) is 17.0. The molecular formula is C23H38O3. The van der Waals surface area contributed by atoms with E-state index in [2.05, 4.69) is 13.8 Å². The van der Waals surface area contributed by atoms with Crippen LogP contribution in [0.1, 0.15) is 71.6 Å². The fraction of sp³-hybridized carbons (Fsp3) is 0.957. The van der Waals surface area contributed by atoms with Crippen LogP contribution in [-0.2, 0) is 9.53 Å². The summed E-state index contributed by atoms with van der Waals surface area (Å²) in [7, 11) is 1.84. The second-order valence-electron chi connectivity index (χ2n) is 10.6. The van der Waals surface area contributed by atoms with E-state index >= 15 is 0 Å². The maximum absolute atomic E-state index is 12.4. The first kappa shape index (κ1) is 18.9. The molecule has 0 bridgehead atoms. The third-order valence-electron chi connectivity index (χ3n) is 9.72. The summed E-state index contributed by atoms with van der Waals surface area (Å²) in [5.41, 5.74) is 0.658. The minimum Gasteiger partial charge on any atom is -0.389 e. The quantitative estimate of drug-likeness (QED) is 0.802. The first-order valence-electron chi connectivity index (χ1n) is 11.1. The molecule has 0 radical (unpaired) electrons. The third kappa shape index (κ3) is 2.71. The topological polar surface area (TPSA) is 46.5 Å². The summed E-state index contributed by atoms with van der Waals surface area (Å²) in [6, 6.07) is 0. The molecule has 0 amide bonds. The lowest BCUT2D eigenvalue weighted by Gasteiger charge is -2.61. The van der Waals surface area contributed by atoms with Crippen molar-refractivity contribution in [1.29, 1.82) is 0 Å². The molecule has 0 aromatic heterocycles. The number of aliphatic hydroxyl groups is 1.